The zero-order chi connectivity index (χ0) is 14.9. The molecule has 0 aromatic heterocycles. The Labute approximate surface area is 126 Å². The lowest BCUT2D eigenvalue weighted by molar-refractivity contribution is -0.384. The summed E-state index contributed by atoms with van der Waals surface area (Å²) in [5, 5.41) is 20.3. The van der Waals surface area contributed by atoms with Gasteiger partial charge in [-0.25, -0.2) is 9.18 Å². The standard InChI is InChI=1S/C11H10BrFN2O4S/c12-6-3-9(15(18)19)8(4-7(6)13)14-1-2-20-5-10(14)11(16)17/h3-4,10H,1-2,5H2,(H,16,17). The molecule has 0 saturated carbocycles. The van der Waals surface area contributed by atoms with Crippen molar-refractivity contribution >= 4 is 45.0 Å². The van der Waals surface area contributed by atoms with E-state index >= 15 is 0 Å². The summed E-state index contributed by atoms with van der Waals surface area (Å²) in [6.07, 6.45) is 0. The van der Waals surface area contributed by atoms with Gasteiger partial charge in [0.15, 0.2) is 0 Å². The Morgan fingerprint density at radius 3 is 2.90 bits per heavy atom. The molecular weight excluding hydrogens is 355 g/mol. The van der Waals surface area contributed by atoms with Gasteiger partial charge in [-0.05, 0) is 15.9 Å². The van der Waals surface area contributed by atoms with E-state index in [2.05, 4.69) is 15.9 Å². The minimum absolute atomic E-state index is 0.00315. The van der Waals surface area contributed by atoms with Gasteiger partial charge in [0, 0.05) is 30.2 Å². The number of carboxylic acid groups (broad SMARTS) is 1. The summed E-state index contributed by atoms with van der Waals surface area (Å²) < 4.78 is 13.6. The van der Waals surface area contributed by atoms with Crippen LogP contribution in [0.25, 0.3) is 0 Å². The lowest BCUT2D eigenvalue weighted by atomic mass is 10.2. The highest BCUT2D eigenvalue weighted by molar-refractivity contribution is 9.10. The number of thioether (sulfide) groups is 1. The lowest BCUT2D eigenvalue weighted by Crippen LogP contribution is -2.47. The fourth-order valence-corrected chi connectivity index (χ4v) is 3.37. The van der Waals surface area contributed by atoms with Gasteiger partial charge in [-0.1, -0.05) is 0 Å². The van der Waals surface area contributed by atoms with Crippen LogP contribution in [0.5, 0.6) is 0 Å². The number of halogens is 2. The Bertz CT molecular complexity index is 572. The Kier molecular flexibility index (Phi) is 4.48. The maximum Gasteiger partial charge on any atom is 0.327 e. The fourth-order valence-electron chi connectivity index (χ4n) is 2.00. The summed E-state index contributed by atoms with van der Waals surface area (Å²) in [5.41, 5.74) is -0.306. The van der Waals surface area contributed by atoms with Crippen LogP contribution in [-0.2, 0) is 4.79 Å². The van der Waals surface area contributed by atoms with E-state index in [9.17, 15) is 24.4 Å². The van der Waals surface area contributed by atoms with Gasteiger partial charge in [0.25, 0.3) is 5.69 Å². The van der Waals surface area contributed by atoms with Crippen molar-refractivity contribution in [3.05, 3.63) is 32.5 Å². The molecule has 1 aromatic carbocycles. The van der Waals surface area contributed by atoms with Crippen molar-refractivity contribution in [1.29, 1.82) is 0 Å². The Balaban J connectivity index is 2.51. The number of benzene rings is 1. The van der Waals surface area contributed by atoms with Crippen LogP contribution < -0.4 is 4.90 Å². The average molecular weight is 365 g/mol. The zero-order valence-corrected chi connectivity index (χ0v) is 12.5. The topological polar surface area (TPSA) is 83.7 Å². The van der Waals surface area contributed by atoms with Crippen molar-refractivity contribution in [1.82, 2.24) is 0 Å². The molecule has 108 valence electrons. The molecule has 1 heterocycles. The Hall–Kier alpha value is -1.35. The smallest absolute Gasteiger partial charge is 0.327 e. The van der Waals surface area contributed by atoms with E-state index in [1.54, 1.807) is 0 Å². The minimum atomic E-state index is -1.07. The normalized spacial score (nSPS) is 18.9. The number of nitro benzene ring substituents is 1. The van der Waals surface area contributed by atoms with Gasteiger partial charge >= 0.3 is 5.97 Å². The predicted octanol–water partition coefficient (Wildman–Crippen LogP) is 2.50. The van der Waals surface area contributed by atoms with Gasteiger partial charge in [-0.2, -0.15) is 11.8 Å². The summed E-state index contributed by atoms with van der Waals surface area (Å²) in [4.78, 5) is 23.1. The van der Waals surface area contributed by atoms with Crippen LogP contribution in [0, 0.1) is 15.9 Å². The van der Waals surface area contributed by atoms with Crippen LogP contribution in [0.3, 0.4) is 0 Å². The molecule has 20 heavy (non-hydrogen) atoms. The monoisotopic (exact) mass is 364 g/mol. The van der Waals surface area contributed by atoms with E-state index in [0.717, 1.165) is 12.1 Å². The molecule has 1 fully saturated rings. The molecule has 1 aromatic rings. The Morgan fingerprint density at radius 1 is 1.60 bits per heavy atom. The largest absolute Gasteiger partial charge is 0.480 e. The zero-order valence-electron chi connectivity index (χ0n) is 10.1. The highest BCUT2D eigenvalue weighted by Gasteiger charge is 2.33. The number of hydrogen-bond acceptors (Lipinski definition) is 5. The van der Waals surface area contributed by atoms with Crippen molar-refractivity contribution in [2.45, 2.75) is 6.04 Å². The summed E-state index contributed by atoms with van der Waals surface area (Å²) in [6.45, 7) is 0.323. The second-order valence-electron chi connectivity index (χ2n) is 4.13. The highest BCUT2D eigenvalue weighted by Crippen LogP contribution is 2.36. The summed E-state index contributed by atoms with van der Waals surface area (Å²) in [6, 6.07) is 1.17. The van der Waals surface area contributed by atoms with Crippen LogP contribution >= 0.6 is 27.7 Å². The van der Waals surface area contributed by atoms with E-state index in [-0.39, 0.29) is 15.8 Å². The minimum Gasteiger partial charge on any atom is -0.480 e. The van der Waals surface area contributed by atoms with Crippen molar-refractivity contribution in [3.63, 3.8) is 0 Å². The van der Waals surface area contributed by atoms with Gasteiger partial charge < -0.3 is 10.0 Å². The van der Waals surface area contributed by atoms with Crippen LogP contribution in [0.4, 0.5) is 15.8 Å². The number of nitro groups is 1. The quantitative estimate of drug-likeness (QED) is 0.655. The lowest BCUT2D eigenvalue weighted by Gasteiger charge is -2.34. The molecule has 1 aliphatic rings. The van der Waals surface area contributed by atoms with Crippen LogP contribution in [0.2, 0.25) is 0 Å². The first-order valence-corrected chi connectivity index (χ1v) is 7.57. The highest BCUT2D eigenvalue weighted by atomic mass is 79.9. The van der Waals surface area contributed by atoms with Gasteiger partial charge in [0.1, 0.15) is 17.5 Å². The third kappa shape index (κ3) is 2.88. The molecule has 6 nitrogen and oxygen atoms in total. The first kappa shape index (κ1) is 15.0. The molecule has 1 saturated heterocycles. The number of carboxylic acids is 1. The van der Waals surface area contributed by atoms with E-state index < -0.39 is 22.8 Å². The first-order valence-electron chi connectivity index (χ1n) is 5.62. The third-order valence-corrected chi connectivity index (χ3v) is 4.57. The van der Waals surface area contributed by atoms with E-state index in [0.29, 0.717) is 18.1 Å². The van der Waals surface area contributed by atoms with Crippen molar-refractivity contribution < 1.29 is 19.2 Å². The molecule has 9 heteroatoms. The molecule has 0 bridgehead atoms. The summed E-state index contributed by atoms with van der Waals surface area (Å²) in [5.74, 6) is -0.786. The molecule has 0 radical (unpaired) electrons. The van der Waals surface area contributed by atoms with Crippen molar-refractivity contribution in [3.8, 4) is 0 Å². The molecule has 1 aliphatic heterocycles. The molecular formula is C11H10BrFN2O4S. The summed E-state index contributed by atoms with van der Waals surface area (Å²) in [7, 11) is 0. The van der Waals surface area contributed by atoms with Crippen LogP contribution in [-0.4, -0.2) is 40.1 Å². The molecule has 0 aliphatic carbocycles. The number of carbonyl (C=O) groups is 1. The number of hydrogen-bond donors (Lipinski definition) is 1. The number of anilines is 1. The average Bonchev–Trinajstić information content (AvgIpc) is 2.41. The summed E-state index contributed by atoms with van der Waals surface area (Å²) >= 11 is 4.35. The van der Waals surface area contributed by atoms with Crippen LogP contribution in [0.15, 0.2) is 16.6 Å². The maximum absolute atomic E-state index is 13.7. The van der Waals surface area contributed by atoms with Crippen molar-refractivity contribution in [2.75, 3.05) is 23.0 Å². The number of nitrogens with zero attached hydrogens (tertiary/aromatic N) is 2. The van der Waals surface area contributed by atoms with E-state index in [1.165, 1.54) is 16.7 Å². The van der Waals surface area contributed by atoms with Gasteiger partial charge in [0.05, 0.1) is 9.40 Å². The SMILES string of the molecule is O=C(O)C1CSCCN1c1cc(F)c(Br)cc1[N+](=O)[O-]. The molecule has 2 rings (SSSR count). The molecule has 0 amide bonds. The second kappa shape index (κ2) is 5.96. The third-order valence-electron chi connectivity index (χ3n) is 2.94. The fraction of sp³-hybridized carbons (Fsp3) is 0.364. The van der Waals surface area contributed by atoms with Gasteiger partial charge in [-0.3, -0.25) is 10.1 Å². The van der Waals surface area contributed by atoms with E-state index in [1.807, 2.05) is 0 Å². The molecule has 1 N–H and O–H groups in total. The van der Waals surface area contributed by atoms with E-state index in [4.69, 9.17) is 0 Å². The molecule has 0 spiro atoms. The number of rotatable bonds is 3. The maximum atomic E-state index is 13.7. The van der Waals surface area contributed by atoms with Gasteiger partial charge in [0.2, 0.25) is 0 Å². The predicted molar refractivity (Wildman–Crippen MR) is 76.8 cm³/mol. The Morgan fingerprint density at radius 2 is 2.30 bits per heavy atom. The van der Waals surface area contributed by atoms with Crippen LogP contribution in [0.1, 0.15) is 0 Å². The van der Waals surface area contributed by atoms with Crippen molar-refractivity contribution in [2.24, 2.45) is 0 Å². The van der Waals surface area contributed by atoms with Gasteiger partial charge in [-0.15, -0.1) is 0 Å². The first-order chi connectivity index (χ1) is 9.41. The second-order valence-corrected chi connectivity index (χ2v) is 6.14. The number of aliphatic carboxylic acids is 1. The molecule has 1 atom stereocenters. The molecule has 1 unspecified atom stereocenters.